The number of rotatable bonds is 4. The Morgan fingerprint density at radius 3 is 2.76 bits per heavy atom. The van der Waals surface area contributed by atoms with E-state index < -0.39 is 0 Å². The van der Waals surface area contributed by atoms with Crippen LogP contribution in [0.3, 0.4) is 0 Å². The average Bonchev–Trinajstić information content (AvgIpc) is 3.17. The standard InChI is InChI=1S/C19H27N5O4S/c1-23(12-3-5-13(25)6-4-12)19(26)22-18-21-15-14(27-2)11-20-17(16(15)29-18)24-7-9-28-10-8-24/h11-13,25H,3-10H2,1-2H3,(H,21,22,26)/t12-,13-. The highest BCUT2D eigenvalue weighted by Gasteiger charge is 2.27. The molecule has 3 heterocycles. The molecule has 0 bridgehead atoms. The van der Waals surface area contributed by atoms with E-state index in [4.69, 9.17) is 9.47 Å². The molecule has 0 radical (unpaired) electrons. The summed E-state index contributed by atoms with van der Waals surface area (Å²) in [5.74, 6) is 1.43. The van der Waals surface area contributed by atoms with Gasteiger partial charge in [-0.15, -0.1) is 0 Å². The summed E-state index contributed by atoms with van der Waals surface area (Å²) in [4.78, 5) is 25.8. The van der Waals surface area contributed by atoms with Gasteiger partial charge in [-0.1, -0.05) is 11.3 Å². The number of aromatic nitrogens is 2. The Balaban J connectivity index is 1.55. The Bertz CT molecular complexity index is 862. The monoisotopic (exact) mass is 421 g/mol. The number of urea groups is 1. The van der Waals surface area contributed by atoms with E-state index in [0.717, 1.165) is 49.3 Å². The van der Waals surface area contributed by atoms with Crippen LogP contribution in [0.5, 0.6) is 5.75 Å². The first-order chi connectivity index (χ1) is 14.1. The molecule has 1 saturated heterocycles. The summed E-state index contributed by atoms with van der Waals surface area (Å²) in [5, 5.41) is 13.1. The molecule has 10 heteroatoms. The number of amides is 2. The van der Waals surface area contributed by atoms with Crippen LogP contribution in [-0.4, -0.2) is 78.6 Å². The van der Waals surface area contributed by atoms with Gasteiger partial charge in [-0.2, -0.15) is 0 Å². The first-order valence-corrected chi connectivity index (χ1v) is 10.8. The Kier molecular flexibility index (Phi) is 6.02. The van der Waals surface area contributed by atoms with Gasteiger partial charge in [0.2, 0.25) is 0 Å². The van der Waals surface area contributed by atoms with Crippen molar-refractivity contribution in [2.45, 2.75) is 37.8 Å². The molecule has 29 heavy (non-hydrogen) atoms. The summed E-state index contributed by atoms with van der Waals surface area (Å²) >= 11 is 1.41. The van der Waals surface area contributed by atoms with Crippen molar-refractivity contribution in [3.05, 3.63) is 6.20 Å². The molecular weight excluding hydrogens is 394 g/mol. The maximum absolute atomic E-state index is 12.8. The second kappa shape index (κ2) is 8.68. The quantitative estimate of drug-likeness (QED) is 0.781. The lowest BCUT2D eigenvalue weighted by atomic mass is 9.92. The zero-order valence-electron chi connectivity index (χ0n) is 16.8. The molecule has 0 spiro atoms. The number of methoxy groups -OCH3 is 1. The Labute approximate surface area is 173 Å². The van der Waals surface area contributed by atoms with Crippen LogP contribution in [0.2, 0.25) is 0 Å². The van der Waals surface area contributed by atoms with Crippen molar-refractivity contribution in [1.82, 2.24) is 14.9 Å². The highest BCUT2D eigenvalue weighted by atomic mass is 32.1. The largest absolute Gasteiger partial charge is 0.493 e. The number of pyridine rings is 1. The highest BCUT2D eigenvalue weighted by molar-refractivity contribution is 7.23. The van der Waals surface area contributed by atoms with Gasteiger partial charge in [-0.3, -0.25) is 5.32 Å². The van der Waals surface area contributed by atoms with E-state index in [1.54, 1.807) is 25.3 Å². The fraction of sp³-hybridized carbons (Fsp3) is 0.632. The molecule has 2 N–H and O–H groups in total. The van der Waals surface area contributed by atoms with Crippen molar-refractivity contribution in [2.24, 2.45) is 0 Å². The number of thiazole rings is 1. The number of nitrogens with zero attached hydrogens (tertiary/aromatic N) is 4. The van der Waals surface area contributed by atoms with Crippen LogP contribution in [0.25, 0.3) is 10.2 Å². The van der Waals surface area contributed by atoms with Crippen molar-refractivity contribution in [2.75, 3.05) is 50.7 Å². The zero-order chi connectivity index (χ0) is 20.4. The number of nitrogens with one attached hydrogen (secondary N) is 1. The van der Waals surface area contributed by atoms with E-state index in [1.807, 2.05) is 0 Å². The molecule has 2 aromatic heterocycles. The number of ether oxygens (including phenoxy) is 2. The molecule has 2 fully saturated rings. The van der Waals surface area contributed by atoms with Crippen LogP contribution in [0.4, 0.5) is 15.7 Å². The van der Waals surface area contributed by atoms with E-state index >= 15 is 0 Å². The summed E-state index contributed by atoms with van der Waals surface area (Å²) in [6.45, 7) is 2.87. The van der Waals surface area contributed by atoms with Crippen molar-refractivity contribution in [1.29, 1.82) is 0 Å². The minimum atomic E-state index is -0.245. The molecule has 2 aliphatic rings. The van der Waals surface area contributed by atoms with Gasteiger partial charge < -0.3 is 24.4 Å². The number of aliphatic hydroxyl groups is 1. The molecule has 1 aliphatic carbocycles. The molecule has 4 rings (SSSR count). The number of carbonyl (C=O) groups is 1. The fourth-order valence-corrected chi connectivity index (χ4v) is 4.86. The van der Waals surface area contributed by atoms with Crippen molar-refractivity contribution < 1.29 is 19.4 Å². The van der Waals surface area contributed by atoms with E-state index in [-0.39, 0.29) is 18.2 Å². The van der Waals surface area contributed by atoms with E-state index in [0.29, 0.717) is 29.6 Å². The SMILES string of the molecule is COc1cnc(N2CCOCC2)c2sc(NC(=O)N(C)[C@H]3CC[C@H](O)CC3)nc12. The van der Waals surface area contributed by atoms with Crippen LogP contribution in [0.15, 0.2) is 6.20 Å². The highest BCUT2D eigenvalue weighted by Crippen LogP contribution is 2.38. The number of aliphatic hydroxyl groups excluding tert-OH is 1. The van der Waals surface area contributed by atoms with Crippen LogP contribution in [-0.2, 0) is 4.74 Å². The third-order valence-corrected chi connectivity index (χ3v) is 6.61. The number of hydrogen-bond donors (Lipinski definition) is 2. The third kappa shape index (κ3) is 4.24. The van der Waals surface area contributed by atoms with Gasteiger partial charge in [0.05, 0.1) is 32.6 Å². The van der Waals surface area contributed by atoms with Crippen LogP contribution >= 0.6 is 11.3 Å². The zero-order valence-corrected chi connectivity index (χ0v) is 17.6. The molecule has 0 aromatic carbocycles. The molecule has 1 saturated carbocycles. The van der Waals surface area contributed by atoms with Crippen molar-refractivity contribution in [3.63, 3.8) is 0 Å². The summed E-state index contributed by atoms with van der Waals surface area (Å²) in [7, 11) is 3.39. The van der Waals surface area contributed by atoms with Gasteiger partial charge in [0, 0.05) is 26.2 Å². The number of fused-ring (bicyclic) bond motifs is 1. The van der Waals surface area contributed by atoms with Crippen molar-refractivity contribution in [3.8, 4) is 5.75 Å². The number of hydrogen-bond acceptors (Lipinski definition) is 8. The van der Waals surface area contributed by atoms with E-state index in [1.165, 1.54) is 11.3 Å². The van der Waals surface area contributed by atoms with Crippen molar-refractivity contribution >= 4 is 38.5 Å². The summed E-state index contributed by atoms with van der Waals surface area (Å²) < 4.78 is 11.8. The van der Waals surface area contributed by atoms with Crippen LogP contribution in [0.1, 0.15) is 25.7 Å². The molecule has 158 valence electrons. The van der Waals surface area contributed by atoms with Crippen LogP contribution < -0.4 is 15.0 Å². The molecule has 9 nitrogen and oxygen atoms in total. The lowest BCUT2D eigenvalue weighted by molar-refractivity contribution is 0.0943. The predicted octanol–water partition coefficient (Wildman–Crippen LogP) is 2.30. The normalized spacial score (nSPS) is 22.5. The first kappa shape index (κ1) is 20.1. The number of morpholine rings is 1. The lowest BCUT2D eigenvalue weighted by Gasteiger charge is -2.32. The lowest BCUT2D eigenvalue weighted by Crippen LogP contribution is -2.42. The van der Waals surface area contributed by atoms with Gasteiger partial charge >= 0.3 is 6.03 Å². The molecule has 0 unspecified atom stereocenters. The fourth-order valence-electron chi connectivity index (χ4n) is 3.87. The minimum absolute atomic E-state index is 0.132. The first-order valence-electron chi connectivity index (χ1n) is 9.95. The minimum Gasteiger partial charge on any atom is -0.493 e. The number of anilines is 2. The number of carbonyl (C=O) groups excluding carboxylic acids is 1. The van der Waals surface area contributed by atoms with E-state index in [2.05, 4.69) is 20.2 Å². The maximum Gasteiger partial charge on any atom is 0.323 e. The third-order valence-electron chi connectivity index (χ3n) is 5.65. The molecular formula is C19H27N5O4S. The summed E-state index contributed by atoms with van der Waals surface area (Å²) in [6.07, 6.45) is 4.52. The Morgan fingerprint density at radius 1 is 1.34 bits per heavy atom. The van der Waals surface area contributed by atoms with Gasteiger partial charge in [0.15, 0.2) is 10.9 Å². The average molecular weight is 422 g/mol. The molecule has 0 atom stereocenters. The van der Waals surface area contributed by atoms with E-state index in [9.17, 15) is 9.90 Å². The van der Waals surface area contributed by atoms with Gasteiger partial charge in [0.25, 0.3) is 0 Å². The second-order valence-electron chi connectivity index (χ2n) is 7.45. The Morgan fingerprint density at radius 2 is 2.07 bits per heavy atom. The van der Waals surface area contributed by atoms with Gasteiger partial charge in [0.1, 0.15) is 16.0 Å². The predicted molar refractivity (Wildman–Crippen MR) is 112 cm³/mol. The summed E-state index contributed by atoms with van der Waals surface area (Å²) in [6, 6.07) is -0.0572. The van der Waals surface area contributed by atoms with Crippen LogP contribution in [0, 0.1) is 0 Å². The van der Waals surface area contributed by atoms with Gasteiger partial charge in [-0.25, -0.2) is 14.8 Å². The smallest absolute Gasteiger partial charge is 0.323 e. The maximum atomic E-state index is 12.8. The molecule has 2 aromatic rings. The summed E-state index contributed by atoms with van der Waals surface area (Å²) in [5.41, 5.74) is 0.702. The molecule has 2 amide bonds. The molecule has 1 aliphatic heterocycles. The topological polar surface area (TPSA) is 100 Å². The Hall–Kier alpha value is -2.17. The van der Waals surface area contributed by atoms with Gasteiger partial charge in [-0.05, 0) is 25.7 Å². The second-order valence-corrected chi connectivity index (χ2v) is 8.45.